The van der Waals surface area contributed by atoms with Gasteiger partial charge in [0, 0.05) is 12.6 Å². The summed E-state index contributed by atoms with van der Waals surface area (Å²) < 4.78 is 0. The molecule has 0 bridgehead atoms. The van der Waals surface area contributed by atoms with Crippen molar-refractivity contribution in [3.8, 4) is 0 Å². The van der Waals surface area contributed by atoms with Gasteiger partial charge in [0.15, 0.2) is 5.96 Å². The van der Waals surface area contributed by atoms with Crippen LogP contribution in [0.5, 0.6) is 0 Å². The lowest BCUT2D eigenvalue weighted by Crippen LogP contribution is -2.27. The molecule has 1 aliphatic heterocycles. The van der Waals surface area contributed by atoms with E-state index in [9.17, 15) is 0 Å². The summed E-state index contributed by atoms with van der Waals surface area (Å²) in [6, 6.07) is 0.453. The second-order valence-corrected chi connectivity index (χ2v) is 2.88. The van der Waals surface area contributed by atoms with Gasteiger partial charge in [-0.05, 0) is 19.4 Å². The van der Waals surface area contributed by atoms with E-state index in [0.29, 0.717) is 12.0 Å². The highest BCUT2D eigenvalue weighted by molar-refractivity contribution is 5.78. The van der Waals surface area contributed by atoms with Gasteiger partial charge in [0.25, 0.3) is 0 Å². The third kappa shape index (κ3) is 2.76. The minimum absolute atomic E-state index is 0.453. The minimum Gasteiger partial charge on any atom is -0.355 e. The Labute approximate surface area is 67.0 Å². The molecule has 0 amide bonds. The second-order valence-electron chi connectivity index (χ2n) is 2.88. The van der Waals surface area contributed by atoms with Crippen molar-refractivity contribution in [1.29, 1.82) is 5.41 Å². The second kappa shape index (κ2) is 4.18. The molecule has 0 aromatic heterocycles. The van der Waals surface area contributed by atoms with Crippen LogP contribution in [0.1, 0.15) is 19.3 Å². The highest BCUT2D eigenvalue weighted by Gasteiger charge is 2.15. The van der Waals surface area contributed by atoms with Gasteiger partial charge >= 0.3 is 0 Å². The predicted molar refractivity (Wildman–Crippen MR) is 45.6 cm³/mol. The zero-order valence-electron chi connectivity index (χ0n) is 6.69. The summed E-state index contributed by atoms with van der Waals surface area (Å²) in [6.45, 7) is 1.67. The van der Waals surface area contributed by atoms with Crippen LogP contribution in [0.3, 0.4) is 0 Å². The average molecular weight is 156 g/mol. The third-order valence-corrected chi connectivity index (χ3v) is 1.88. The molecule has 1 rings (SSSR count). The van der Waals surface area contributed by atoms with Crippen molar-refractivity contribution in [2.24, 2.45) is 5.73 Å². The van der Waals surface area contributed by atoms with Crippen molar-refractivity contribution in [3.63, 3.8) is 0 Å². The minimum atomic E-state index is 0.453. The molecule has 0 unspecified atom stereocenters. The van der Waals surface area contributed by atoms with Crippen molar-refractivity contribution in [3.05, 3.63) is 0 Å². The Bertz CT molecular complexity index is 134. The first kappa shape index (κ1) is 8.33. The normalized spacial score (nSPS) is 23.0. The first-order valence-corrected chi connectivity index (χ1v) is 4.12. The van der Waals surface area contributed by atoms with Crippen LogP contribution in [-0.2, 0) is 0 Å². The van der Waals surface area contributed by atoms with Crippen molar-refractivity contribution in [2.45, 2.75) is 25.3 Å². The number of nitrogens with two attached hydrogens (primary N) is 1. The Morgan fingerprint density at radius 3 is 2.91 bits per heavy atom. The van der Waals surface area contributed by atoms with Crippen LogP contribution in [0.25, 0.3) is 0 Å². The van der Waals surface area contributed by atoms with Crippen molar-refractivity contribution >= 4 is 5.96 Å². The zero-order chi connectivity index (χ0) is 8.10. The fourth-order valence-corrected chi connectivity index (χ4v) is 1.24. The van der Waals surface area contributed by atoms with Gasteiger partial charge in [-0.25, -0.2) is 0 Å². The van der Waals surface area contributed by atoms with Crippen LogP contribution in [0.2, 0.25) is 0 Å². The summed E-state index contributed by atoms with van der Waals surface area (Å²) in [7, 11) is 0. The maximum atomic E-state index is 7.21. The summed E-state index contributed by atoms with van der Waals surface area (Å²) in [5, 5.41) is 13.2. The number of hydrogen-bond donors (Lipinski definition) is 4. The SMILES string of the molecule is N=C1NC[C@H](CCCCN)N1. The van der Waals surface area contributed by atoms with E-state index >= 15 is 0 Å². The van der Waals surface area contributed by atoms with Crippen molar-refractivity contribution in [2.75, 3.05) is 13.1 Å². The Morgan fingerprint density at radius 1 is 1.55 bits per heavy atom. The van der Waals surface area contributed by atoms with E-state index in [1.807, 2.05) is 0 Å². The molecule has 0 saturated carbocycles. The van der Waals surface area contributed by atoms with Gasteiger partial charge in [0.1, 0.15) is 0 Å². The van der Waals surface area contributed by atoms with E-state index in [2.05, 4.69) is 10.6 Å². The quantitative estimate of drug-likeness (QED) is 0.419. The lowest BCUT2D eigenvalue weighted by atomic mass is 10.1. The van der Waals surface area contributed by atoms with Crippen LogP contribution in [-0.4, -0.2) is 25.1 Å². The third-order valence-electron chi connectivity index (χ3n) is 1.88. The predicted octanol–water partition coefficient (Wildman–Crippen LogP) is -0.388. The summed E-state index contributed by atoms with van der Waals surface area (Å²) in [5.41, 5.74) is 5.36. The lowest BCUT2D eigenvalue weighted by Gasteiger charge is -2.06. The molecular weight excluding hydrogens is 140 g/mol. The molecule has 1 atom stereocenters. The number of unbranched alkanes of at least 4 members (excludes halogenated alkanes) is 1. The van der Waals surface area contributed by atoms with E-state index in [0.717, 1.165) is 32.4 Å². The number of rotatable bonds is 4. The van der Waals surface area contributed by atoms with Crippen LogP contribution < -0.4 is 16.4 Å². The Hall–Kier alpha value is -0.770. The van der Waals surface area contributed by atoms with Gasteiger partial charge in [0.05, 0.1) is 0 Å². The molecule has 4 heteroatoms. The molecule has 0 aromatic carbocycles. The summed E-state index contributed by atoms with van der Waals surface area (Å²) in [5.74, 6) is 0.461. The summed E-state index contributed by atoms with van der Waals surface area (Å²) >= 11 is 0. The molecular formula is C7H16N4. The standard InChI is InChI=1S/C7H16N4/c8-4-2-1-3-6-5-10-7(9)11-6/h6H,1-5,8H2,(H3,9,10,11)/t6-/m0/s1. The first-order valence-electron chi connectivity index (χ1n) is 4.12. The van der Waals surface area contributed by atoms with Crippen LogP contribution >= 0.6 is 0 Å². The molecule has 1 aliphatic rings. The molecule has 1 heterocycles. The van der Waals surface area contributed by atoms with Crippen LogP contribution in [0, 0.1) is 5.41 Å². The number of nitrogens with one attached hydrogen (secondary N) is 3. The zero-order valence-corrected chi connectivity index (χ0v) is 6.69. The molecule has 0 aromatic rings. The molecule has 5 N–H and O–H groups in total. The number of guanidine groups is 1. The fourth-order valence-electron chi connectivity index (χ4n) is 1.24. The van der Waals surface area contributed by atoms with E-state index in [1.165, 1.54) is 0 Å². The van der Waals surface area contributed by atoms with Crippen LogP contribution in [0.15, 0.2) is 0 Å². The summed E-state index contributed by atoms with van der Waals surface area (Å²) in [4.78, 5) is 0. The first-order chi connectivity index (χ1) is 5.33. The molecule has 4 nitrogen and oxygen atoms in total. The fraction of sp³-hybridized carbons (Fsp3) is 0.857. The topological polar surface area (TPSA) is 73.9 Å². The largest absolute Gasteiger partial charge is 0.355 e. The van der Waals surface area contributed by atoms with Crippen molar-refractivity contribution < 1.29 is 0 Å². The Kier molecular flexibility index (Phi) is 3.16. The van der Waals surface area contributed by atoms with Gasteiger partial charge in [-0.15, -0.1) is 0 Å². The monoisotopic (exact) mass is 156 g/mol. The number of hydrogen-bond acceptors (Lipinski definition) is 2. The summed E-state index contributed by atoms with van der Waals surface area (Å²) in [6.07, 6.45) is 3.36. The van der Waals surface area contributed by atoms with Gasteiger partial charge in [-0.1, -0.05) is 6.42 Å². The smallest absolute Gasteiger partial charge is 0.188 e. The molecule has 0 radical (unpaired) electrons. The van der Waals surface area contributed by atoms with E-state index in [-0.39, 0.29) is 0 Å². The van der Waals surface area contributed by atoms with Crippen molar-refractivity contribution in [1.82, 2.24) is 10.6 Å². The van der Waals surface area contributed by atoms with E-state index < -0.39 is 0 Å². The van der Waals surface area contributed by atoms with Gasteiger partial charge < -0.3 is 16.4 Å². The van der Waals surface area contributed by atoms with E-state index in [4.69, 9.17) is 11.1 Å². The maximum absolute atomic E-state index is 7.21. The Balaban J connectivity index is 2.04. The molecule has 1 fully saturated rings. The van der Waals surface area contributed by atoms with E-state index in [1.54, 1.807) is 0 Å². The molecule has 0 spiro atoms. The highest BCUT2D eigenvalue weighted by atomic mass is 15.2. The van der Waals surface area contributed by atoms with Gasteiger partial charge in [-0.3, -0.25) is 5.41 Å². The van der Waals surface area contributed by atoms with Gasteiger partial charge in [-0.2, -0.15) is 0 Å². The van der Waals surface area contributed by atoms with Crippen LogP contribution in [0.4, 0.5) is 0 Å². The average Bonchev–Trinajstić information content (AvgIpc) is 2.37. The highest BCUT2D eigenvalue weighted by Crippen LogP contribution is 2.01. The molecule has 0 aliphatic carbocycles. The van der Waals surface area contributed by atoms with Gasteiger partial charge in [0.2, 0.25) is 0 Å². The Morgan fingerprint density at radius 2 is 2.36 bits per heavy atom. The maximum Gasteiger partial charge on any atom is 0.188 e. The molecule has 11 heavy (non-hydrogen) atoms. The molecule has 1 saturated heterocycles. The lowest BCUT2D eigenvalue weighted by molar-refractivity contribution is 0.557. The molecule has 64 valence electrons.